The van der Waals surface area contributed by atoms with Gasteiger partial charge in [0.25, 0.3) is 0 Å². The second kappa shape index (κ2) is 6.18. The van der Waals surface area contributed by atoms with Gasteiger partial charge in [0.05, 0.1) is 12.7 Å². The summed E-state index contributed by atoms with van der Waals surface area (Å²) >= 11 is 0. The summed E-state index contributed by atoms with van der Waals surface area (Å²) in [5.74, 6) is 0. The van der Waals surface area contributed by atoms with E-state index in [4.69, 9.17) is 9.47 Å². The monoisotopic (exact) mass is 234 g/mol. The van der Waals surface area contributed by atoms with Crippen LogP contribution in [-0.4, -0.2) is 12.7 Å². The van der Waals surface area contributed by atoms with Gasteiger partial charge in [0.15, 0.2) is 6.29 Å². The van der Waals surface area contributed by atoms with Gasteiger partial charge in [0.1, 0.15) is 0 Å². The summed E-state index contributed by atoms with van der Waals surface area (Å²) in [6.45, 7) is 5.12. The van der Waals surface area contributed by atoms with E-state index < -0.39 is 0 Å². The Morgan fingerprint density at radius 2 is 2.00 bits per heavy atom. The van der Waals surface area contributed by atoms with Crippen molar-refractivity contribution in [2.75, 3.05) is 6.61 Å². The minimum absolute atomic E-state index is 0.168. The maximum Gasteiger partial charge on any atom is 0.184 e. The van der Waals surface area contributed by atoms with E-state index in [0.29, 0.717) is 6.10 Å². The highest BCUT2D eigenvalue weighted by atomic mass is 16.7. The number of ether oxygens (including phenoxy) is 2. The molecule has 1 aromatic rings. The number of benzene rings is 1. The normalized spacial score (nSPS) is 24.8. The van der Waals surface area contributed by atoms with Crippen LogP contribution in [0.5, 0.6) is 0 Å². The topological polar surface area (TPSA) is 18.5 Å². The number of rotatable bonds is 4. The summed E-state index contributed by atoms with van der Waals surface area (Å²) < 4.78 is 11.4. The average molecular weight is 234 g/mol. The quantitative estimate of drug-likeness (QED) is 0.787. The standard InChI is InChI=1S/C15H22O2/c1-3-4-5-13-6-8-14(9-7-13)15-16-11-10-12(2)17-15/h6-9,12,15H,3-5,10-11H2,1-2H3. The van der Waals surface area contributed by atoms with E-state index in [1.807, 2.05) is 0 Å². The number of unbranched alkanes of at least 4 members (excludes halogenated alkanes) is 1. The van der Waals surface area contributed by atoms with Gasteiger partial charge in [-0.2, -0.15) is 0 Å². The molecule has 2 rings (SSSR count). The summed E-state index contributed by atoms with van der Waals surface area (Å²) in [6.07, 6.45) is 4.79. The van der Waals surface area contributed by atoms with Gasteiger partial charge in [-0.15, -0.1) is 0 Å². The Morgan fingerprint density at radius 1 is 1.24 bits per heavy atom. The van der Waals surface area contributed by atoms with Crippen molar-refractivity contribution in [2.24, 2.45) is 0 Å². The molecule has 1 fully saturated rings. The highest BCUT2D eigenvalue weighted by Gasteiger charge is 2.20. The smallest absolute Gasteiger partial charge is 0.184 e. The molecule has 0 bridgehead atoms. The summed E-state index contributed by atoms with van der Waals surface area (Å²) in [7, 11) is 0. The molecule has 2 atom stereocenters. The predicted octanol–water partition coefficient (Wildman–Crippen LogP) is 3.85. The molecule has 0 aromatic heterocycles. The zero-order chi connectivity index (χ0) is 12.1. The first-order valence-corrected chi connectivity index (χ1v) is 6.65. The van der Waals surface area contributed by atoms with Crippen LogP contribution in [-0.2, 0) is 15.9 Å². The minimum Gasteiger partial charge on any atom is -0.348 e. The summed E-state index contributed by atoms with van der Waals surface area (Å²) in [5, 5.41) is 0. The van der Waals surface area contributed by atoms with Gasteiger partial charge in [-0.25, -0.2) is 0 Å². The molecule has 2 unspecified atom stereocenters. The molecule has 2 heteroatoms. The van der Waals surface area contributed by atoms with Crippen molar-refractivity contribution in [2.45, 2.75) is 51.9 Å². The Hall–Kier alpha value is -0.860. The van der Waals surface area contributed by atoms with Gasteiger partial charge in [0.2, 0.25) is 0 Å². The Bertz CT molecular complexity index is 331. The molecule has 0 saturated carbocycles. The van der Waals surface area contributed by atoms with E-state index >= 15 is 0 Å². The van der Waals surface area contributed by atoms with Crippen molar-refractivity contribution in [1.29, 1.82) is 0 Å². The fourth-order valence-electron chi connectivity index (χ4n) is 2.06. The van der Waals surface area contributed by atoms with Crippen LogP contribution in [0.3, 0.4) is 0 Å². The first kappa shape index (κ1) is 12.6. The second-order valence-corrected chi connectivity index (χ2v) is 4.78. The van der Waals surface area contributed by atoms with Crippen LogP contribution in [0.15, 0.2) is 24.3 Å². The fourth-order valence-corrected chi connectivity index (χ4v) is 2.06. The molecule has 2 nitrogen and oxygen atoms in total. The zero-order valence-corrected chi connectivity index (χ0v) is 10.8. The summed E-state index contributed by atoms with van der Waals surface area (Å²) in [4.78, 5) is 0. The lowest BCUT2D eigenvalue weighted by molar-refractivity contribution is -0.212. The number of aryl methyl sites for hydroxylation is 1. The first-order valence-electron chi connectivity index (χ1n) is 6.65. The van der Waals surface area contributed by atoms with E-state index in [1.54, 1.807) is 0 Å². The third-order valence-electron chi connectivity index (χ3n) is 3.22. The van der Waals surface area contributed by atoms with Gasteiger partial charge in [-0.05, 0) is 31.7 Å². The molecular formula is C15H22O2. The highest BCUT2D eigenvalue weighted by molar-refractivity contribution is 5.23. The van der Waals surface area contributed by atoms with Crippen molar-refractivity contribution in [3.8, 4) is 0 Å². The molecule has 1 heterocycles. The molecule has 0 spiro atoms. The minimum atomic E-state index is -0.168. The van der Waals surface area contributed by atoms with Crippen LogP contribution >= 0.6 is 0 Å². The molecular weight excluding hydrogens is 212 g/mol. The van der Waals surface area contributed by atoms with Crippen molar-refractivity contribution in [1.82, 2.24) is 0 Å². The molecule has 1 aromatic carbocycles. The number of hydrogen-bond donors (Lipinski definition) is 0. The van der Waals surface area contributed by atoms with Crippen molar-refractivity contribution >= 4 is 0 Å². The molecule has 17 heavy (non-hydrogen) atoms. The zero-order valence-electron chi connectivity index (χ0n) is 10.8. The van der Waals surface area contributed by atoms with E-state index in [9.17, 15) is 0 Å². The Balaban J connectivity index is 1.96. The van der Waals surface area contributed by atoms with E-state index in [-0.39, 0.29) is 6.29 Å². The van der Waals surface area contributed by atoms with E-state index in [0.717, 1.165) is 18.6 Å². The second-order valence-electron chi connectivity index (χ2n) is 4.78. The molecule has 0 amide bonds. The Morgan fingerprint density at radius 3 is 2.65 bits per heavy atom. The SMILES string of the molecule is CCCCc1ccc(C2OCCC(C)O2)cc1. The molecule has 1 aliphatic heterocycles. The van der Waals surface area contributed by atoms with Crippen molar-refractivity contribution in [3.63, 3.8) is 0 Å². The van der Waals surface area contributed by atoms with Crippen LogP contribution in [0.1, 0.15) is 50.5 Å². The van der Waals surface area contributed by atoms with Gasteiger partial charge in [-0.3, -0.25) is 0 Å². The first-order chi connectivity index (χ1) is 8.29. The van der Waals surface area contributed by atoms with Gasteiger partial charge >= 0.3 is 0 Å². The number of hydrogen-bond acceptors (Lipinski definition) is 2. The molecule has 1 saturated heterocycles. The molecule has 94 valence electrons. The van der Waals surface area contributed by atoms with Crippen LogP contribution in [0.2, 0.25) is 0 Å². The van der Waals surface area contributed by atoms with E-state index in [1.165, 1.54) is 24.8 Å². The Kier molecular flexibility index (Phi) is 4.57. The average Bonchev–Trinajstić information content (AvgIpc) is 2.37. The third-order valence-corrected chi connectivity index (χ3v) is 3.22. The van der Waals surface area contributed by atoms with Gasteiger partial charge in [0, 0.05) is 5.56 Å². The lowest BCUT2D eigenvalue weighted by atomic mass is 10.1. The van der Waals surface area contributed by atoms with Crippen molar-refractivity contribution in [3.05, 3.63) is 35.4 Å². The van der Waals surface area contributed by atoms with Crippen molar-refractivity contribution < 1.29 is 9.47 Å². The van der Waals surface area contributed by atoms with Gasteiger partial charge in [-0.1, -0.05) is 37.6 Å². The van der Waals surface area contributed by atoms with Gasteiger partial charge < -0.3 is 9.47 Å². The fraction of sp³-hybridized carbons (Fsp3) is 0.600. The van der Waals surface area contributed by atoms with Crippen LogP contribution in [0, 0.1) is 0 Å². The lowest BCUT2D eigenvalue weighted by Crippen LogP contribution is -2.24. The molecule has 0 N–H and O–H groups in total. The van der Waals surface area contributed by atoms with Crippen LogP contribution in [0.4, 0.5) is 0 Å². The summed E-state index contributed by atoms with van der Waals surface area (Å²) in [6, 6.07) is 8.65. The molecule has 1 aliphatic rings. The largest absolute Gasteiger partial charge is 0.348 e. The maximum atomic E-state index is 5.77. The Labute approximate surface area is 104 Å². The molecule has 0 radical (unpaired) electrons. The lowest BCUT2D eigenvalue weighted by Gasteiger charge is -2.28. The van der Waals surface area contributed by atoms with Crippen LogP contribution < -0.4 is 0 Å². The maximum absolute atomic E-state index is 5.77. The molecule has 0 aliphatic carbocycles. The summed E-state index contributed by atoms with van der Waals surface area (Å²) in [5.41, 5.74) is 2.54. The predicted molar refractivity (Wildman–Crippen MR) is 68.9 cm³/mol. The highest BCUT2D eigenvalue weighted by Crippen LogP contribution is 2.26. The van der Waals surface area contributed by atoms with Crippen LogP contribution in [0.25, 0.3) is 0 Å². The van der Waals surface area contributed by atoms with E-state index in [2.05, 4.69) is 38.1 Å². The third kappa shape index (κ3) is 3.55.